The Morgan fingerprint density at radius 2 is 1.64 bits per heavy atom. The fourth-order valence-electron chi connectivity index (χ4n) is 4.00. The molecule has 0 saturated heterocycles. The second kappa shape index (κ2) is 6.13. The topological polar surface area (TPSA) is 33.1 Å². The van der Waals surface area contributed by atoms with Crippen LogP contribution in [-0.4, -0.2) is 23.6 Å². The van der Waals surface area contributed by atoms with Crippen LogP contribution in [0.4, 0.5) is 11.4 Å². The first-order valence-corrected chi connectivity index (χ1v) is 9.65. The van der Waals surface area contributed by atoms with Crippen LogP contribution in [-0.2, 0) is 0 Å². The fraction of sp³-hybridized carbons (Fsp3) is 0.208. The molecule has 0 bridgehead atoms. The lowest BCUT2D eigenvalue weighted by Crippen LogP contribution is -2.24. The summed E-state index contributed by atoms with van der Waals surface area (Å²) in [7, 11) is 4.13. The Hall–Kier alpha value is -3.27. The van der Waals surface area contributed by atoms with Crippen molar-refractivity contribution in [3.63, 3.8) is 0 Å². The Morgan fingerprint density at radius 3 is 2.39 bits per heavy atom. The number of hydrogen-bond donors (Lipinski definition) is 1. The molecule has 1 N–H and O–H groups in total. The van der Waals surface area contributed by atoms with Crippen LogP contribution < -0.4 is 10.2 Å². The fourth-order valence-corrected chi connectivity index (χ4v) is 4.00. The summed E-state index contributed by atoms with van der Waals surface area (Å²) in [6.45, 7) is 4.32. The molecule has 0 amide bonds. The van der Waals surface area contributed by atoms with Gasteiger partial charge in [-0.25, -0.2) is 4.98 Å². The third kappa shape index (κ3) is 2.48. The Labute approximate surface area is 165 Å². The summed E-state index contributed by atoms with van der Waals surface area (Å²) in [6, 6.07) is 21.6. The number of para-hydroxylation sites is 1. The number of rotatable bonds is 2. The SMILES string of the molecule is Cc1cc2nc3n(c2cc1C)C(c1ccc(N(C)C)cc1)Nc1ccccc1-3. The lowest BCUT2D eigenvalue weighted by Gasteiger charge is -2.30. The molecule has 0 spiro atoms. The molecular weight excluding hydrogens is 344 g/mol. The minimum Gasteiger partial charge on any atom is -0.378 e. The molecular formula is C24H24N4. The van der Waals surface area contributed by atoms with Crippen molar-refractivity contribution in [2.24, 2.45) is 0 Å². The van der Waals surface area contributed by atoms with Crippen molar-refractivity contribution in [3.05, 3.63) is 77.4 Å². The van der Waals surface area contributed by atoms with Gasteiger partial charge >= 0.3 is 0 Å². The van der Waals surface area contributed by atoms with E-state index in [1.165, 1.54) is 27.9 Å². The molecule has 28 heavy (non-hydrogen) atoms. The van der Waals surface area contributed by atoms with Gasteiger partial charge in [-0.15, -0.1) is 0 Å². The second-order valence-electron chi connectivity index (χ2n) is 7.81. The maximum atomic E-state index is 5.03. The lowest BCUT2D eigenvalue weighted by atomic mass is 10.0. The maximum absolute atomic E-state index is 5.03. The molecule has 3 aromatic carbocycles. The van der Waals surface area contributed by atoms with Gasteiger partial charge in [0.15, 0.2) is 0 Å². The van der Waals surface area contributed by atoms with Crippen LogP contribution in [0, 0.1) is 13.8 Å². The smallest absolute Gasteiger partial charge is 0.145 e. The van der Waals surface area contributed by atoms with Crippen LogP contribution in [0.25, 0.3) is 22.4 Å². The van der Waals surface area contributed by atoms with Gasteiger partial charge in [-0.05, 0) is 66.9 Å². The van der Waals surface area contributed by atoms with Crippen molar-refractivity contribution >= 4 is 22.4 Å². The maximum Gasteiger partial charge on any atom is 0.145 e. The van der Waals surface area contributed by atoms with Crippen LogP contribution in [0.5, 0.6) is 0 Å². The molecule has 0 aliphatic carbocycles. The number of nitrogens with one attached hydrogen (secondary N) is 1. The van der Waals surface area contributed by atoms with E-state index in [2.05, 4.69) is 103 Å². The number of fused-ring (bicyclic) bond motifs is 5. The van der Waals surface area contributed by atoms with Crippen LogP contribution in [0.3, 0.4) is 0 Å². The van der Waals surface area contributed by atoms with Gasteiger partial charge in [0.1, 0.15) is 12.0 Å². The van der Waals surface area contributed by atoms with E-state index in [0.29, 0.717) is 0 Å². The quantitative estimate of drug-likeness (QED) is 0.517. The van der Waals surface area contributed by atoms with Crippen molar-refractivity contribution < 1.29 is 0 Å². The largest absolute Gasteiger partial charge is 0.378 e. The predicted molar refractivity (Wildman–Crippen MR) is 117 cm³/mol. The van der Waals surface area contributed by atoms with Gasteiger partial charge < -0.3 is 10.2 Å². The number of hydrogen-bond acceptors (Lipinski definition) is 3. The minimum absolute atomic E-state index is 0.00761. The number of aromatic nitrogens is 2. The third-order valence-corrected chi connectivity index (χ3v) is 5.75. The number of nitrogens with zero attached hydrogens (tertiary/aromatic N) is 3. The van der Waals surface area contributed by atoms with Gasteiger partial charge in [-0.3, -0.25) is 4.57 Å². The lowest BCUT2D eigenvalue weighted by molar-refractivity contribution is 0.669. The molecule has 1 aliphatic heterocycles. The molecule has 1 aliphatic rings. The van der Waals surface area contributed by atoms with E-state index in [1.54, 1.807) is 0 Å². The molecule has 1 aromatic heterocycles. The summed E-state index contributed by atoms with van der Waals surface area (Å²) in [4.78, 5) is 7.16. The third-order valence-electron chi connectivity index (χ3n) is 5.75. The summed E-state index contributed by atoms with van der Waals surface area (Å²) < 4.78 is 2.34. The molecule has 4 heteroatoms. The molecule has 1 unspecified atom stereocenters. The first-order valence-electron chi connectivity index (χ1n) is 9.65. The molecule has 140 valence electrons. The second-order valence-corrected chi connectivity index (χ2v) is 7.81. The first-order chi connectivity index (χ1) is 13.5. The van der Waals surface area contributed by atoms with E-state index < -0.39 is 0 Å². The molecule has 0 radical (unpaired) electrons. The molecule has 2 heterocycles. The zero-order chi connectivity index (χ0) is 19.4. The molecule has 0 fully saturated rings. The molecule has 4 nitrogen and oxygen atoms in total. The van der Waals surface area contributed by atoms with Crippen molar-refractivity contribution in [2.45, 2.75) is 20.0 Å². The Kier molecular flexibility index (Phi) is 3.69. The minimum atomic E-state index is 0.00761. The zero-order valence-electron chi connectivity index (χ0n) is 16.7. The van der Waals surface area contributed by atoms with Crippen molar-refractivity contribution in [1.29, 1.82) is 0 Å². The van der Waals surface area contributed by atoms with E-state index in [9.17, 15) is 0 Å². The number of aryl methyl sites for hydroxylation is 2. The van der Waals surface area contributed by atoms with E-state index in [-0.39, 0.29) is 6.17 Å². The standard InChI is InChI=1S/C24H24N4/c1-15-13-21-22(14-16(15)2)28-23(17-9-11-18(12-10-17)27(3)4)25-20-8-6-5-7-19(20)24(28)26-21/h5-14,23,25H,1-4H3. The van der Waals surface area contributed by atoms with Crippen LogP contribution >= 0.6 is 0 Å². The van der Waals surface area contributed by atoms with Gasteiger partial charge in [-0.1, -0.05) is 24.3 Å². The van der Waals surface area contributed by atoms with Crippen molar-refractivity contribution in [3.8, 4) is 11.4 Å². The summed E-state index contributed by atoms with van der Waals surface area (Å²) in [5.74, 6) is 1.02. The van der Waals surface area contributed by atoms with Crippen LogP contribution in [0.2, 0.25) is 0 Å². The highest BCUT2D eigenvalue weighted by Crippen LogP contribution is 2.41. The normalized spacial score (nSPS) is 15.1. The number of imidazole rings is 1. The molecule has 0 saturated carbocycles. The van der Waals surface area contributed by atoms with Gasteiger partial charge in [0.2, 0.25) is 0 Å². The first kappa shape index (κ1) is 16.9. The summed E-state index contributed by atoms with van der Waals surface area (Å²) in [5.41, 5.74) is 9.47. The van der Waals surface area contributed by atoms with Gasteiger partial charge in [0.05, 0.1) is 11.0 Å². The van der Waals surface area contributed by atoms with E-state index in [1.807, 2.05) is 0 Å². The average molecular weight is 368 g/mol. The van der Waals surface area contributed by atoms with Gasteiger partial charge in [0, 0.05) is 31.0 Å². The summed E-state index contributed by atoms with van der Waals surface area (Å²) in [5, 5.41) is 3.74. The molecule has 1 atom stereocenters. The Bertz CT molecular complexity index is 1190. The van der Waals surface area contributed by atoms with Crippen molar-refractivity contribution in [1.82, 2.24) is 9.55 Å². The van der Waals surface area contributed by atoms with E-state index in [0.717, 1.165) is 22.6 Å². The number of benzene rings is 3. The van der Waals surface area contributed by atoms with Gasteiger partial charge in [-0.2, -0.15) is 0 Å². The van der Waals surface area contributed by atoms with Crippen LogP contribution in [0.15, 0.2) is 60.7 Å². The van der Waals surface area contributed by atoms with Crippen LogP contribution in [0.1, 0.15) is 22.9 Å². The predicted octanol–water partition coefficient (Wildman–Crippen LogP) is 5.36. The highest BCUT2D eigenvalue weighted by atomic mass is 15.2. The summed E-state index contributed by atoms with van der Waals surface area (Å²) >= 11 is 0. The molecule has 4 aromatic rings. The highest BCUT2D eigenvalue weighted by Gasteiger charge is 2.28. The van der Waals surface area contributed by atoms with E-state index >= 15 is 0 Å². The number of anilines is 2. The highest BCUT2D eigenvalue weighted by molar-refractivity contribution is 5.87. The van der Waals surface area contributed by atoms with Crippen molar-refractivity contribution in [2.75, 3.05) is 24.3 Å². The Morgan fingerprint density at radius 1 is 0.929 bits per heavy atom. The van der Waals surface area contributed by atoms with E-state index in [4.69, 9.17) is 4.98 Å². The van der Waals surface area contributed by atoms with Gasteiger partial charge in [0.25, 0.3) is 0 Å². The molecule has 5 rings (SSSR count). The summed E-state index contributed by atoms with van der Waals surface area (Å²) in [6.07, 6.45) is 0.00761. The monoisotopic (exact) mass is 368 g/mol. The zero-order valence-corrected chi connectivity index (χ0v) is 16.7. The Balaban J connectivity index is 1.76. The average Bonchev–Trinajstić information content (AvgIpc) is 3.06.